The van der Waals surface area contributed by atoms with Crippen LogP contribution in [0.3, 0.4) is 0 Å². The van der Waals surface area contributed by atoms with Crippen molar-refractivity contribution in [1.29, 1.82) is 0 Å². The van der Waals surface area contributed by atoms with E-state index in [1.807, 2.05) is 0 Å². The zero-order valence-corrected chi connectivity index (χ0v) is 4.11. The van der Waals surface area contributed by atoms with Crippen LogP contribution in [0, 0.1) is 0 Å². The third kappa shape index (κ3) is 22.1. The average molecular weight is 239 g/mol. The summed E-state index contributed by atoms with van der Waals surface area (Å²) < 4.78 is 0. The van der Waals surface area contributed by atoms with E-state index in [1.54, 1.807) is 0 Å². The van der Waals surface area contributed by atoms with Gasteiger partial charge in [0, 0.05) is 50.6 Å². The van der Waals surface area contributed by atoms with E-state index in [0.29, 0.717) is 0 Å². The summed E-state index contributed by atoms with van der Waals surface area (Å²) in [6, 6.07) is 0. The van der Waals surface area contributed by atoms with Crippen LogP contribution in [0.1, 0.15) is 0 Å². The molecule has 0 saturated carbocycles. The Morgan fingerprint density at radius 1 is 1.00 bits per heavy atom. The van der Waals surface area contributed by atoms with Gasteiger partial charge in [-0.1, -0.05) is 0 Å². The van der Waals surface area contributed by atoms with Crippen molar-refractivity contribution < 1.29 is 50.6 Å². The summed E-state index contributed by atoms with van der Waals surface area (Å²) in [5, 5.41) is 0. The molecule has 0 spiro atoms. The van der Waals surface area contributed by atoms with E-state index in [4.69, 9.17) is 0 Å². The molecule has 42 valence electrons. The van der Waals surface area contributed by atoms with Crippen LogP contribution in [0.4, 0.5) is 0 Å². The van der Waals surface area contributed by atoms with Crippen LogP contribution in [-0.2, 0) is 50.6 Å². The van der Waals surface area contributed by atoms with Crippen molar-refractivity contribution in [1.82, 2.24) is 0 Å². The van der Waals surface area contributed by atoms with Gasteiger partial charge in [0.05, 0.1) is 0 Å². The Morgan fingerprint density at radius 3 is 1.00 bits per heavy atom. The van der Waals surface area contributed by atoms with E-state index >= 15 is 0 Å². The van der Waals surface area contributed by atoms with Crippen LogP contribution < -0.4 is 0 Å². The Balaban J connectivity index is 0. The molecule has 0 fully saturated rings. The standard InChI is InChI=1S/Al.Cu.Mn.Ni.H4Si.3H/h;;;;1H4;;;. The first kappa shape index (κ1) is 55.2. The zero-order chi connectivity index (χ0) is 0. The monoisotopic (exact) mass is 238 g/mol. The zero-order valence-electron chi connectivity index (χ0n) is 0.996. The second-order valence-corrected chi connectivity index (χ2v) is 0. The summed E-state index contributed by atoms with van der Waals surface area (Å²) in [5.41, 5.74) is 0. The van der Waals surface area contributed by atoms with E-state index in [9.17, 15) is 0 Å². The molecule has 0 nitrogen and oxygen atoms in total. The molecule has 5 heavy (non-hydrogen) atoms. The van der Waals surface area contributed by atoms with Gasteiger partial charge in [-0.2, -0.15) is 0 Å². The number of hydrogen-bond acceptors (Lipinski definition) is 0. The first-order valence-electron chi connectivity index (χ1n) is 0. The Hall–Kier alpha value is 2.28. The Labute approximate surface area is 78.3 Å². The van der Waals surface area contributed by atoms with Gasteiger partial charge < -0.3 is 0 Å². The fraction of sp³-hybridized carbons (Fsp3) is 0. The summed E-state index contributed by atoms with van der Waals surface area (Å²) in [4.78, 5) is 0. The maximum Gasteiger partial charge on any atom is 0.187 e. The largest absolute Gasteiger partial charge is 0.187 e. The molecule has 0 amide bonds. The van der Waals surface area contributed by atoms with Crippen molar-refractivity contribution in [2.45, 2.75) is 0 Å². The first-order chi connectivity index (χ1) is 0. The van der Waals surface area contributed by atoms with E-state index in [2.05, 4.69) is 0 Å². The molecule has 0 aliphatic heterocycles. The molecule has 0 N–H and O–H groups in total. The minimum Gasteiger partial charge on any atom is -0.0149 e. The molecule has 0 saturated heterocycles. The SMILES string of the molecule is [AlH3].[Cu].[Mn].[Ni].[SiH4]. The molecule has 0 aromatic heterocycles. The molecule has 0 aromatic carbocycles. The normalized spacial score (nSPS) is 0. The molecule has 0 rings (SSSR count). The summed E-state index contributed by atoms with van der Waals surface area (Å²) in [5.74, 6) is 0. The van der Waals surface area contributed by atoms with Gasteiger partial charge in [-0.3, -0.25) is 0 Å². The van der Waals surface area contributed by atoms with E-state index < -0.39 is 0 Å². The first-order valence-corrected chi connectivity index (χ1v) is 0. The van der Waals surface area contributed by atoms with Crippen molar-refractivity contribution in [2.75, 3.05) is 0 Å². The maximum absolute atomic E-state index is 0. The minimum absolute atomic E-state index is 0. The van der Waals surface area contributed by atoms with Crippen molar-refractivity contribution in [2.24, 2.45) is 0 Å². The third-order valence-electron chi connectivity index (χ3n) is 0. The van der Waals surface area contributed by atoms with Crippen molar-refractivity contribution >= 4 is 28.3 Å². The van der Waals surface area contributed by atoms with Crippen LogP contribution in [0.2, 0.25) is 0 Å². The summed E-state index contributed by atoms with van der Waals surface area (Å²) in [6.45, 7) is 0. The number of rotatable bonds is 0. The van der Waals surface area contributed by atoms with Crippen LogP contribution in [0.5, 0.6) is 0 Å². The predicted octanol–water partition coefficient (Wildman–Crippen LogP) is -2.64. The second-order valence-electron chi connectivity index (χ2n) is 0. The maximum atomic E-state index is 0. The van der Waals surface area contributed by atoms with Crippen LogP contribution in [0.15, 0.2) is 0 Å². The molecule has 0 unspecified atom stereocenters. The van der Waals surface area contributed by atoms with Gasteiger partial charge in [-0.15, -0.1) is 0 Å². The quantitative estimate of drug-likeness (QED) is 0.405. The van der Waals surface area contributed by atoms with Crippen molar-refractivity contribution in [3.05, 3.63) is 0 Å². The molecular weight excluding hydrogens is 232 g/mol. The number of hydrogen-bond donors (Lipinski definition) is 0. The Bertz CT molecular complexity index is 11.6. The molecule has 2 radical (unpaired) electrons. The molecule has 0 aromatic rings. The van der Waals surface area contributed by atoms with Gasteiger partial charge in [0.1, 0.15) is 0 Å². The third-order valence-corrected chi connectivity index (χ3v) is 0. The van der Waals surface area contributed by atoms with Crippen LogP contribution in [-0.4, -0.2) is 28.3 Å². The van der Waals surface area contributed by atoms with Gasteiger partial charge in [-0.25, -0.2) is 0 Å². The van der Waals surface area contributed by atoms with E-state index in [0.717, 1.165) is 0 Å². The molecule has 0 aliphatic rings. The Morgan fingerprint density at radius 2 is 1.00 bits per heavy atom. The van der Waals surface area contributed by atoms with Gasteiger partial charge in [-0.05, 0) is 11.0 Å². The van der Waals surface area contributed by atoms with Gasteiger partial charge in [0.15, 0.2) is 17.4 Å². The molecule has 0 heterocycles. The summed E-state index contributed by atoms with van der Waals surface area (Å²) in [7, 11) is 0. The van der Waals surface area contributed by atoms with Crippen molar-refractivity contribution in [3.63, 3.8) is 0 Å². The summed E-state index contributed by atoms with van der Waals surface area (Å²) >= 11 is 0. The van der Waals surface area contributed by atoms with E-state index in [1.165, 1.54) is 0 Å². The van der Waals surface area contributed by atoms with Gasteiger partial charge in [0.2, 0.25) is 0 Å². The Kier molecular flexibility index (Phi) is 372. The molecule has 0 atom stereocenters. The molecule has 5 heteroatoms. The van der Waals surface area contributed by atoms with E-state index in [-0.39, 0.29) is 79.0 Å². The molecule has 0 bridgehead atoms. The molecular formula is H7AlCuMnNiSi. The fourth-order valence-corrected chi connectivity index (χ4v) is 0. The van der Waals surface area contributed by atoms with Gasteiger partial charge in [0.25, 0.3) is 0 Å². The van der Waals surface area contributed by atoms with Crippen LogP contribution >= 0.6 is 0 Å². The van der Waals surface area contributed by atoms with Gasteiger partial charge >= 0.3 is 0 Å². The predicted molar refractivity (Wildman–Crippen MR) is 21.3 cm³/mol. The minimum atomic E-state index is 0. The summed E-state index contributed by atoms with van der Waals surface area (Å²) in [6.07, 6.45) is 0. The average Bonchev–Trinajstić information content (AvgIpc) is 0. The smallest absolute Gasteiger partial charge is 0.0149 e. The topological polar surface area (TPSA) is 0 Å². The molecule has 0 aliphatic carbocycles. The fourth-order valence-electron chi connectivity index (χ4n) is 0. The second kappa shape index (κ2) is 33.7. The van der Waals surface area contributed by atoms with Crippen molar-refractivity contribution in [3.8, 4) is 0 Å². The van der Waals surface area contributed by atoms with Crippen LogP contribution in [0.25, 0.3) is 0 Å².